The summed E-state index contributed by atoms with van der Waals surface area (Å²) in [4.78, 5) is 12.5. The van der Waals surface area contributed by atoms with Crippen molar-refractivity contribution in [2.75, 3.05) is 5.32 Å². The van der Waals surface area contributed by atoms with Gasteiger partial charge in [-0.3, -0.25) is 4.79 Å². The Hall–Kier alpha value is -3.84. The summed E-state index contributed by atoms with van der Waals surface area (Å²) in [6.45, 7) is 2.52. The maximum atomic E-state index is 12.5. The quantitative estimate of drug-likeness (QED) is 0.441. The highest BCUT2D eigenvalue weighted by Gasteiger charge is 2.10. The molecule has 144 valence electrons. The first-order chi connectivity index (χ1) is 14.2. The number of benzene rings is 3. The van der Waals surface area contributed by atoms with E-state index in [0.717, 1.165) is 17.5 Å². The van der Waals surface area contributed by atoms with Gasteiger partial charge in [0, 0.05) is 5.69 Å². The molecule has 4 heteroatoms. The van der Waals surface area contributed by atoms with Gasteiger partial charge in [0.15, 0.2) is 0 Å². The van der Waals surface area contributed by atoms with Gasteiger partial charge >= 0.3 is 0 Å². The van der Waals surface area contributed by atoms with Crippen molar-refractivity contribution in [3.63, 3.8) is 0 Å². The lowest BCUT2D eigenvalue weighted by Gasteiger charge is -2.08. The number of nitriles is 1. The van der Waals surface area contributed by atoms with Crippen LogP contribution in [0.1, 0.15) is 23.6 Å². The van der Waals surface area contributed by atoms with E-state index in [0.29, 0.717) is 18.0 Å². The lowest BCUT2D eigenvalue weighted by molar-refractivity contribution is -0.112. The number of nitrogens with one attached hydrogen (secondary N) is 1. The average molecular weight is 382 g/mol. The first-order valence-electron chi connectivity index (χ1n) is 9.47. The van der Waals surface area contributed by atoms with Crippen LogP contribution in [0.4, 0.5) is 5.69 Å². The molecule has 0 heterocycles. The normalized spacial score (nSPS) is 10.8. The average Bonchev–Trinajstić information content (AvgIpc) is 2.77. The second-order valence-corrected chi connectivity index (χ2v) is 6.52. The predicted octanol–water partition coefficient (Wildman–Crippen LogP) is 5.37. The molecule has 29 heavy (non-hydrogen) atoms. The molecule has 0 saturated carbocycles. The van der Waals surface area contributed by atoms with E-state index in [-0.39, 0.29) is 5.57 Å². The minimum absolute atomic E-state index is 0.0322. The van der Waals surface area contributed by atoms with Crippen LogP contribution in [0.5, 0.6) is 5.75 Å². The van der Waals surface area contributed by atoms with Crippen LogP contribution in [0, 0.1) is 11.3 Å². The molecule has 0 spiro atoms. The number of carbonyl (C=O) groups is 1. The summed E-state index contributed by atoms with van der Waals surface area (Å²) in [7, 11) is 0. The molecule has 0 aliphatic carbocycles. The third kappa shape index (κ3) is 5.82. The SMILES string of the molecule is CCc1ccc(NC(=O)/C(C#N)=C\c2cccc(OCc3ccccc3)c2)cc1. The molecule has 1 amide bonds. The maximum Gasteiger partial charge on any atom is 0.266 e. The second-order valence-electron chi connectivity index (χ2n) is 6.52. The number of rotatable bonds is 7. The summed E-state index contributed by atoms with van der Waals surface area (Å²) in [5.41, 5.74) is 3.67. The number of hydrogen-bond acceptors (Lipinski definition) is 3. The van der Waals surface area contributed by atoms with Gasteiger partial charge in [-0.2, -0.15) is 5.26 Å². The molecule has 1 N–H and O–H groups in total. The van der Waals surface area contributed by atoms with Crippen molar-refractivity contribution < 1.29 is 9.53 Å². The van der Waals surface area contributed by atoms with Crippen molar-refractivity contribution in [3.05, 3.63) is 101 Å². The largest absolute Gasteiger partial charge is 0.489 e. The Morgan fingerprint density at radius 2 is 1.76 bits per heavy atom. The fraction of sp³-hybridized carbons (Fsp3) is 0.120. The van der Waals surface area contributed by atoms with Crippen LogP contribution < -0.4 is 10.1 Å². The fourth-order valence-corrected chi connectivity index (χ4v) is 2.77. The van der Waals surface area contributed by atoms with E-state index < -0.39 is 5.91 Å². The summed E-state index contributed by atoms with van der Waals surface area (Å²) in [5.74, 6) is 0.239. The molecule has 0 radical (unpaired) electrons. The van der Waals surface area contributed by atoms with Gasteiger partial charge in [-0.15, -0.1) is 0 Å². The highest BCUT2D eigenvalue weighted by Crippen LogP contribution is 2.18. The highest BCUT2D eigenvalue weighted by molar-refractivity contribution is 6.09. The summed E-state index contributed by atoms with van der Waals surface area (Å²) in [5, 5.41) is 12.2. The van der Waals surface area contributed by atoms with Crippen LogP contribution in [0.15, 0.2) is 84.4 Å². The third-order valence-corrected chi connectivity index (χ3v) is 4.40. The van der Waals surface area contributed by atoms with Crippen molar-refractivity contribution in [1.29, 1.82) is 5.26 Å². The molecular formula is C25H22N2O2. The van der Waals surface area contributed by atoms with Crippen LogP contribution in [0.3, 0.4) is 0 Å². The van der Waals surface area contributed by atoms with Crippen molar-refractivity contribution in [3.8, 4) is 11.8 Å². The number of ether oxygens (including phenoxy) is 1. The molecule has 3 rings (SSSR count). The Morgan fingerprint density at radius 3 is 2.45 bits per heavy atom. The van der Waals surface area contributed by atoms with Crippen molar-refractivity contribution >= 4 is 17.7 Å². The molecule has 4 nitrogen and oxygen atoms in total. The summed E-state index contributed by atoms with van der Waals surface area (Å²) in [6, 6.07) is 26.8. The van der Waals surface area contributed by atoms with Crippen LogP contribution >= 0.6 is 0 Å². The first kappa shape index (κ1) is 19.9. The van der Waals surface area contributed by atoms with Crippen molar-refractivity contribution in [1.82, 2.24) is 0 Å². The molecule has 0 aliphatic heterocycles. The zero-order valence-corrected chi connectivity index (χ0v) is 16.3. The molecule has 0 aromatic heterocycles. The Morgan fingerprint density at radius 1 is 1.00 bits per heavy atom. The second kappa shape index (κ2) is 9.91. The van der Waals surface area contributed by atoms with Gasteiger partial charge in [0.05, 0.1) is 0 Å². The number of aryl methyl sites for hydroxylation is 1. The van der Waals surface area contributed by atoms with E-state index in [2.05, 4.69) is 12.2 Å². The maximum absolute atomic E-state index is 12.5. The van der Waals surface area contributed by atoms with Crippen LogP contribution in [-0.2, 0) is 17.8 Å². The van der Waals surface area contributed by atoms with E-state index in [4.69, 9.17) is 4.74 Å². The van der Waals surface area contributed by atoms with Crippen molar-refractivity contribution in [2.45, 2.75) is 20.0 Å². The number of carbonyl (C=O) groups excluding carboxylic acids is 1. The van der Waals surface area contributed by atoms with Gasteiger partial charge in [0.25, 0.3) is 5.91 Å². The summed E-state index contributed by atoms with van der Waals surface area (Å²) in [6.07, 6.45) is 2.49. The standard InChI is InChI=1S/C25H22N2O2/c1-2-19-11-13-23(14-12-19)27-25(28)22(17-26)15-21-9-6-10-24(16-21)29-18-20-7-4-3-5-8-20/h3-16H,2,18H2,1H3,(H,27,28)/b22-15-. The van der Waals surface area contributed by atoms with Crippen LogP contribution in [0.25, 0.3) is 6.08 Å². The van der Waals surface area contributed by atoms with Gasteiger partial charge in [0.2, 0.25) is 0 Å². The Labute approximate surface area is 171 Å². The van der Waals surface area contributed by atoms with Gasteiger partial charge in [0.1, 0.15) is 24.0 Å². The minimum atomic E-state index is -0.438. The molecule has 0 saturated heterocycles. The number of anilines is 1. The summed E-state index contributed by atoms with van der Waals surface area (Å²) >= 11 is 0. The van der Waals surface area contributed by atoms with Crippen molar-refractivity contribution in [2.24, 2.45) is 0 Å². The van der Waals surface area contributed by atoms with Gasteiger partial charge in [-0.25, -0.2) is 0 Å². The smallest absolute Gasteiger partial charge is 0.266 e. The predicted molar refractivity (Wildman–Crippen MR) is 115 cm³/mol. The Balaban J connectivity index is 1.69. The Bertz CT molecular complexity index is 1030. The molecule has 0 bridgehead atoms. The molecule has 3 aromatic rings. The highest BCUT2D eigenvalue weighted by atomic mass is 16.5. The topological polar surface area (TPSA) is 62.1 Å². The molecular weight excluding hydrogens is 360 g/mol. The minimum Gasteiger partial charge on any atom is -0.489 e. The zero-order chi connectivity index (χ0) is 20.5. The fourth-order valence-electron chi connectivity index (χ4n) is 2.77. The van der Waals surface area contributed by atoms with E-state index in [9.17, 15) is 10.1 Å². The molecule has 0 unspecified atom stereocenters. The van der Waals surface area contributed by atoms with E-state index >= 15 is 0 Å². The monoisotopic (exact) mass is 382 g/mol. The van der Waals surface area contributed by atoms with Crippen LogP contribution in [-0.4, -0.2) is 5.91 Å². The van der Waals surface area contributed by atoms with Gasteiger partial charge in [-0.05, 0) is 53.5 Å². The van der Waals surface area contributed by atoms with E-state index in [1.807, 2.05) is 84.9 Å². The number of hydrogen-bond donors (Lipinski definition) is 1. The molecule has 0 fully saturated rings. The lowest BCUT2D eigenvalue weighted by atomic mass is 10.1. The molecule has 3 aromatic carbocycles. The Kier molecular flexibility index (Phi) is 6.80. The molecule has 0 aliphatic rings. The molecule has 0 atom stereocenters. The first-order valence-corrected chi connectivity index (χ1v) is 9.47. The summed E-state index contributed by atoms with van der Waals surface area (Å²) < 4.78 is 5.81. The third-order valence-electron chi connectivity index (χ3n) is 4.40. The van der Waals surface area contributed by atoms with Gasteiger partial charge in [-0.1, -0.05) is 61.5 Å². The lowest BCUT2D eigenvalue weighted by Crippen LogP contribution is -2.13. The van der Waals surface area contributed by atoms with Gasteiger partial charge < -0.3 is 10.1 Å². The van der Waals surface area contributed by atoms with E-state index in [1.165, 1.54) is 5.56 Å². The number of amides is 1. The van der Waals surface area contributed by atoms with E-state index in [1.54, 1.807) is 6.08 Å². The zero-order valence-electron chi connectivity index (χ0n) is 16.3. The van der Waals surface area contributed by atoms with Crippen LogP contribution in [0.2, 0.25) is 0 Å². The number of nitrogens with zero attached hydrogens (tertiary/aromatic N) is 1.